The largest absolute Gasteiger partial charge is 0.573 e. The Morgan fingerprint density at radius 3 is 2.56 bits per heavy atom. The van der Waals surface area contributed by atoms with Gasteiger partial charge in [0.25, 0.3) is 0 Å². The van der Waals surface area contributed by atoms with Crippen molar-refractivity contribution in [3.63, 3.8) is 0 Å². The number of nitrogens with zero attached hydrogens (tertiary/aromatic N) is 5. The Morgan fingerprint density at radius 2 is 1.84 bits per heavy atom. The average molecular weight is 655 g/mol. The number of anilines is 1. The van der Waals surface area contributed by atoms with Gasteiger partial charge in [-0.25, -0.2) is 14.7 Å². The van der Waals surface area contributed by atoms with Gasteiger partial charge in [0.1, 0.15) is 17.6 Å². The lowest BCUT2D eigenvalue weighted by Gasteiger charge is -2.24. The van der Waals surface area contributed by atoms with Gasteiger partial charge >= 0.3 is 6.36 Å². The van der Waals surface area contributed by atoms with E-state index in [0.29, 0.717) is 28.9 Å². The number of halogens is 3. The Labute approximate surface area is 269 Å². The number of aliphatic imine (C=N–C) groups is 1. The summed E-state index contributed by atoms with van der Waals surface area (Å²) >= 11 is 6.10. The molecule has 8 nitrogen and oxygen atoms in total. The van der Waals surface area contributed by atoms with Crippen LogP contribution in [0, 0.1) is 6.92 Å². The number of amides is 1. The van der Waals surface area contributed by atoms with Crippen LogP contribution in [0.2, 0.25) is 0 Å². The number of carbonyl (C=O) groups is 1. The normalized spacial score (nSPS) is 16.1. The van der Waals surface area contributed by atoms with Crippen LogP contribution < -0.4 is 15.0 Å². The summed E-state index contributed by atoms with van der Waals surface area (Å²) in [5.41, 5.74) is 4.89. The zero-order chi connectivity index (χ0) is 32.3. The Kier molecular flexibility index (Phi) is 9.90. The third-order valence-electron chi connectivity index (χ3n) is 7.03. The van der Waals surface area contributed by atoms with E-state index in [-0.39, 0.29) is 23.6 Å². The molecule has 0 aliphatic carbocycles. The summed E-state index contributed by atoms with van der Waals surface area (Å²) in [6, 6.07) is 19.4. The van der Waals surface area contributed by atoms with Crippen molar-refractivity contribution in [1.82, 2.24) is 20.1 Å². The highest BCUT2D eigenvalue weighted by atomic mass is 32.2. The number of alkyl halides is 3. The van der Waals surface area contributed by atoms with E-state index in [4.69, 9.17) is 4.99 Å². The van der Waals surface area contributed by atoms with Crippen LogP contribution >= 0.6 is 24.4 Å². The first kappa shape index (κ1) is 32.6. The van der Waals surface area contributed by atoms with Gasteiger partial charge in [-0.05, 0) is 79.3 Å². The fourth-order valence-corrected chi connectivity index (χ4v) is 6.33. The van der Waals surface area contributed by atoms with E-state index in [1.165, 1.54) is 47.0 Å². The summed E-state index contributed by atoms with van der Waals surface area (Å²) in [6.45, 7) is 8.27. The second-order valence-corrected chi connectivity index (χ2v) is 12.5. The number of ether oxygens (including phenoxy) is 1. The molecule has 13 heteroatoms. The lowest BCUT2D eigenvalue weighted by molar-refractivity contribution is -0.274. The molecule has 2 heterocycles. The highest BCUT2D eigenvalue weighted by Gasteiger charge is 2.33. The number of thioether (sulfide) groups is 1. The maximum Gasteiger partial charge on any atom is 0.573 e. The predicted octanol–water partition coefficient (Wildman–Crippen LogP) is 7.13. The number of benzene rings is 3. The van der Waals surface area contributed by atoms with E-state index < -0.39 is 11.9 Å². The summed E-state index contributed by atoms with van der Waals surface area (Å²) in [5, 5.41) is 8.53. The molecule has 0 spiro atoms. The van der Waals surface area contributed by atoms with Crippen LogP contribution in [0.25, 0.3) is 17.1 Å². The second-order valence-electron chi connectivity index (χ2n) is 11.0. The molecule has 1 aliphatic rings. The van der Waals surface area contributed by atoms with Crippen LogP contribution in [-0.4, -0.2) is 49.5 Å². The molecule has 0 radical (unpaired) electrons. The van der Waals surface area contributed by atoms with Gasteiger partial charge in [-0.15, -0.1) is 30.9 Å². The quantitative estimate of drug-likeness (QED) is 0.140. The van der Waals surface area contributed by atoms with Crippen molar-refractivity contribution in [3.05, 3.63) is 89.7 Å². The summed E-state index contributed by atoms with van der Waals surface area (Å²) in [7, 11) is 0. The van der Waals surface area contributed by atoms with E-state index >= 15 is 0 Å². The van der Waals surface area contributed by atoms with Gasteiger partial charge in [-0.3, -0.25) is 15.0 Å². The van der Waals surface area contributed by atoms with Crippen molar-refractivity contribution in [2.45, 2.75) is 57.9 Å². The zero-order valence-electron chi connectivity index (χ0n) is 25.1. The molecular formula is C32H33F3N6O2S2. The Hall–Kier alpha value is -3.81. The molecule has 2 unspecified atom stereocenters. The van der Waals surface area contributed by atoms with Gasteiger partial charge in [0.05, 0.1) is 17.1 Å². The third-order valence-corrected chi connectivity index (χ3v) is 8.24. The number of aromatic nitrogens is 3. The highest BCUT2D eigenvalue weighted by molar-refractivity contribution is 8.15. The number of thiol groups is 1. The lowest BCUT2D eigenvalue weighted by atomic mass is 9.99. The maximum absolute atomic E-state index is 12.9. The first-order chi connectivity index (χ1) is 21.4. The Bertz CT molecular complexity index is 1690. The summed E-state index contributed by atoms with van der Waals surface area (Å²) in [4.78, 5) is 23.8. The second kappa shape index (κ2) is 13.7. The first-order valence-corrected chi connectivity index (χ1v) is 15.8. The molecule has 1 fully saturated rings. The van der Waals surface area contributed by atoms with Crippen molar-refractivity contribution in [1.29, 1.82) is 0 Å². The molecule has 4 aromatic rings. The van der Waals surface area contributed by atoms with E-state index in [9.17, 15) is 18.0 Å². The van der Waals surface area contributed by atoms with Crippen molar-refractivity contribution >= 4 is 41.2 Å². The molecule has 1 saturated heterocycles. The fourth-order valence-electron chi connectivity index (χ4n) is 5.00. The zero-order valence-corrected chi connectivity index (χ0v) is 26.8. The molecule has 0 saturated carbocycles. The van der Waals surface area contributed by atoms with Gasteiger partial charge in [-0.1, -0.05) is 55.9 Å². The van der Waals surface area contributed by atoms with Crippen molar-refractivity contribution in [3.8, 4) is 22.8 Å². The minimum Gasteiger partial charge on any atom is -0.406 e. The van der Waals surface area contributed by atoms with Crippen LogP contribution in [0.15, 0.2) is 78.0 Å². The van der Waals surface area contributed by atoms with Crippen LogP contribution in [0.1, 0.15) is 43.4 Å². The highest BCUT2D eigenvalue weighted by Crippen LogP contribution is 2.34. The Balaban J connectivity index is 1.24. The molecule has 45 heavy (non-hydrogen) atoms. The number of amidine groups is 1. The van der Waals surface area contributed by atoms with Crippen LogP contribution in [0.4, 0.5) is 18.9 Å². The number of carbonyl (C=O) groups excluding carboxylic acids is 1. The fraction of sp³-hybridized carbons (Fsp3) is 0.312. The number of nitrogens with one attached hydrogen (secondary N) is 1. The van der Waals surface area contributed by atoms with Gasteiger partial charge in [0, 0.05) is 11.6 Å². The SMILES string of the molecule is Cc1ccc(C(C)C)c(N2C(=O)CSC2=NC(S)NC(C)Cc2cccc(-c3ncn(-c4ccc(OC(F)(F)F)cc4)n3)c2)c1. The monoisotopic (exact) mass is 654 g/mol. The molecule has 5 rings (SSSR count). The summed E-state index contributed by atoms with van der Waals surface area (Å²) < 4.78 is 42.8. The average Bonchev–Trinajstić information content (AvgIpc) is 3.59. The topological polar surface area (TPSA) is 84.6 Å². The van der Waals surface area contributed by atoms with E-state index in [2.05, 4.69) is 58.7 Å². The predicted molar refractivity (Wildman–Crippen MR) is 175 cm³/mol. The molecule has 1 amide bonds. The molecule has 1 N–H and O–H groups in total. The van der Waals surface area contributed by atoms with Gasteiger partial charge in [0.15, 0.2) is 11.0 Å². The van der Waals surface area contributed by atoms with Crippen molar-refractivity contribution in [2.24, 2.45) is 4.99 Å². The molecule has 1 aromatic heterocycles. The summed E-state index contributed by atoms with van der Waals surface area (Å²) in [5.74, 6) is 0.746. The van der Waals surface area contributed by atoms with E-state index in [0.717, 1.165) is 27.9 Å². The van der Waals surface area contributed by atoms with Crippen molar-refractivity contribution in [2.75, 3.05) is 10.7 Å². The smallest absolute Gasteiger partial charge is 0.406 e. The van der Waals surface area contributed by atoms with Gasteiger partial charge in [0.2, 0.25) is 5.91 Å². The minimum atomic E-state index is -4.75. The van der Waals surface area contributed by atoms with Crippen LogP contribution in [-0.2, 0) is 11.2 Å². The molecule has 2 atom stereocenters. The maximum atomic E-state index is 12.9. The van der Waals surface area contributed by atoms with Crippen LogP contribution in [0.3, 0.4) is 0 Å². The number of hydrogen-bond donors (Lipinski definition) is 2. The Morgan fingerprint density at radius 1 is 1.09 bits per heavy atom. The van der Waals surface area contributed by atoms with Gasteiger partial charge in [-0.2, -0.15) is 0 Å². The molecular weight excluding hydrogens is 622 g/mol. The van der Waals surface area contributed by atoms with Crippen molar-refractivity contribution < 1.29 is 22.7 Å². The number of aryl methyl sites for hydroxylation is 1. The molecule has 1 aliphatic heterocycles. The standard InChI is InChI=1S/C32H33F3N6O2S2/c1-19(2)26-13-8-20(3)14-27(26)41-28(42)17-45-31(41)38-30(44)37-21(4)15-22-6-5-7-23(16-22)29-36-18-40(39-29)24-9-11-25(12-10-24)43-32(33,34)35/h5-14,16,18-19,21,30,37,44H,15,17H2,1-4H3. The minimum absolute atomic E-state index is 0.000170. The number of hydrogen-bond acceptors (Lipinski definition) is 8. The number of rotatable bonds is 10. The van der Waals surface area contributed by atoms with Crippen LogP contribution in [0.5, 0.6) is 5.75 Å². The first-order valence-electron chi connectivity index (χ1n) is 14.3. The van der Waals surface area contributed by atoms with E-state index in [1.54, 1.807) is 4.90 Å². The summed E-state index contributed by atoms with van der Waals surface area (Å²) in [6.07, 6.45) is -2.58. The molecule has 0 bridgehead atoms. The van der Waals surface area contributed by atoms with E-state index in [1.807, 2.05) is 44.2 Å². The lowest BCUT2D eigenvalue weighted by Crippen LogP contribution is -2.36. The third kappa shape index (κ3) is 8.27. The van der Waals surface area contributed by atoms with Gasteiger partial charge < -0.3 is 4.74 Å². The molecule has 3 aromatic carbocycles. The molecule has 236 valence electrons.